The fourth-order valence-corrected chi connectivity index (χ4v) is 3.00. The predicted octanol–water partition coefficient (Wildman–Crippen LogP) is 4.74. The number of hydrogen-bond acceptors (Lipinski definition) is 6. The lowest BCUT2D eigenvalue weighted by atomic mass is 10.3. The molecule has 0 aliphatic rings. The minimum absolute atomic E-state index is 0.0416. The highest BCUT2D eigenvalue weighted by Crippen LogP contribution is 2.28. The molecule has 2 aromatic carbocycles. The zero-order valence-electron chi connectivity index (χ0n) is 16.0. The number of nitrogen functional groups attached to an aromatic ring is 1. The van der Waals surface area contributed by atoms with E-state index in [1.807, 2.05) is 0 Å². The number of ether oxygens (including phenoxy) is 1. The molecule has 0 radical (unpaired) electrons. The molecule has 0 fully saturated rings. The van der Waals surface area contributed by atoms with Crippen LogP contribution in [0.5, 0.6) is 5.75 Å². The lowest BCUT2D eigenvalue weighted by Crippen LogP contribution is -2.10. The highest BCUT2D eigenvalue weighted by atomic mass is 19.3. The lowest BCUT2D eigenvalue weighted by molar-refractivity contribution is -0.0498. The van der Waals surface area contributed by atoms with Crippen molar-refractivity contribution in [1.82, 2.24) is 19.5 Å². The van der Waals surface area contributed by atoms with Crippen LogP contribution >= 0.6 is 0 Å². The molecule has 0 spiro atoms. The highest BCUT2D eigenvalue weighted by molar-refractivity contribution is 5.82. The number of nitrogens with one attached hydrogen (secondary N) is 1. The van der Waals surface area contributed by atoms with Gasteiger partial charge in [-0.15, -0.1) is 0 Å². The summed E-state index contributed by atoms with van der Waals surface area (Å²) in [5.74, 6) is -0.954. The Labute approximate surface area is 174 Å². The fourth-order valence-electron chi connectivity index (χ4n) is 3.00. The number of aryl methyl sites for hydroxylation is 1. The first-order valence-corrected chi connectivity index (χ1v) is 8.87. The fraction of sp³-hybridized carbons (Fsp3) is 0.100. The zero-order valence-corrected chi connectivity index (χ0v) is 16.0. The highest BCUT2D eigenvalue weighted by Gasteiger charge is 2.18. The molecule has 4 aromatic rings. The summed E-state index contributed by atoms with van der Waals surface area (Å²) in [7, 11) is 0. The first kappa shape index (κ1) is 20.0. The third-order valence-corrected chi connectivity index (χ3v) is 4.34. The molecule has 0 bridgehead atoms. The molecule has 0 aliphatic heterocycles. The van der Waals surface area contributed by atoms with Gasteiger partial charge in [0.05, 0.1) is 17.6 Å². The summed E-state index contributed by atoms with van der Waals surface area (Å²) in [5.41, 5.74) is 7.70. The number of fused-ring (bicyclic) bond motifs is 1. The molecule has 0 unspecified atom stereocenters. The lowest BCUT2D eigenvalue weighted by Gasteiger charge is -2.12. The van der Waals surface area contributed by atoms with E-state index < -0.39 is 18.2 Å². The molecular formula is C20H14F3N7O. The molecule has 0 amide bonds. The van der Waals surface area contributed by atoms with Crippen molar-refractivity contribution < 1.29 is 17.9 Å². The summed E-state index contributed by atoms with van der Waals surface area (Å²) in [6.07, 6.45) is 0. The molecule has 3 N–H and O–H groups in total. The van der Waals surface area contributed by atoms with Gasteiger partial charge in [-0.25, -0.2) is 9.83 Å². The van der Waals surface area contributed by atoms with Crippen LogP contribution in [0.4, 0.5) is 36.2 Å². The van der Waals surface area contributed by atoms with Crippen LogP contribution in [0.25, 0.3) is 21.8 Å². The second-order valence-electron chi connectivity index (χ2n) is 6.38. The van der Waals surface area contributed by atoms with Crippen LogP contribution in [-0.2, 0) is 0 Å². The molecule has 31 heavy (non-hydrogen) atoms. The smallest absolute Gasteiger partial charge is 0.387 e. The number of alkyl halides is 2. The van der Waals surface area contributed by atoms with Crippen molar-refractivity contribution in [1.29, 1.82) is 0 Å². The monoisotopic (exact) mass is 425 g/mol. The molecule has 8 nitrogen and oxygen atoms in total. The number of anilines is 3. The summed E-state index contributed by atoms with van der Waals surface area (Å²) in [4.78, 5) is 16.1. The summed E-state index contributed by atoms with van der Waals surface area (Å²) >= 11 is 0. The molecule has 4 rings (SSSR count). The molecule has 2 heterocycles. The van der Waals surface area contributed by atoms with Crippen LogP contribution in [0.3, 0.4) is 0 Å². The Balaban J connectivity index is 1.75. The number of imidazole rings is 1. The van der Waals surface area contributed by atoms with Gasteiger partial charge in [-0.05, 0) is 43.3 Å². The van der Waals surface area contributed by atoms with E-state index in [1.165, 1.54) is 24.3 Å². The number of nitrogens with two attached hydrogens (primary N) is 1. The Morgan fingerprint density at radius 3 is 2.55 bits per heavy atom. The van der Waals surface area contributed by atoms with Crippen molar-refractivity contribution in [2.45, 2.75) is 13.5 Å². The van der Waals surface area contributed by atoms with Crippen molar-refractivity contribution >= 4 is 34.0 Å². The molecule has 0 atom stereocenters. The van der Waals surface area contributed by atoms with Gasteiger partial charge in [0.25, 0.3) is 0 Å². The van der Waals surface area contributed by atoms with E-state index >= 15 is 0 Å². The summed E-state index contributed by atoms with van der Waals surface area (Å²) < 4.78 is 45.0. The van der Waals surface area contributed by atoms with E-state index in [2.05, 4.69) is 29.9 Å². The van der Waals surface area contributed by atoms with Crippen LogP contribution in [0, 0.1) is 19.3 Å². The molecule has 0 aliphatic carbocycles. The van der Waals surface area contributed by atoms with Crippen LogP contribution in [0.1, 0.15) is 5.82 Å². The molecule has 156 valence electrons. The van der Waals surface area contributed by atoms with Crippen molar-refractivity contribution in [3.8, 4) is 11.7 Å². The average Bonchev–Trinajstić information content (AvgIpc) is 3.07. The zero-order chi connectivity index (χ0) is 22.1. The number of rotatable bonds is 5. The number of nitrogens with zero attached hydrogens (tertiary/aromatic N) is 5. The summed E-state index contributed by atoms with van der Waals surface area (Å²) in [6.45, 7) is 5.98. The minimum atomic E-state index is -2.95. The van der Waals surface area contributed by atoms with Gasteiger partial charge in [0.1, 0.15) is 11.6 Å². The predicted molar refractivity (Wildman–Crippen MR) is 108 cm³/mol. The van der Waals surface area contributed by atoms with E-state index in [-0.39, 0.29) is 17.5 Å². The van der Waals surface area contributed by atoms with Gasteiger partial charge in [0.2, 0.25) is 11.8 Å². The quantitative estimate of drug-likeness (QED) is 0.449. The van der Waals surface area contributed by atoms with Crippen LogP contribution in [-0.4, -0.2) is 26.1 Å². The van der Waals surface area contributed by atoms with Gasteiger partial charge >= 0.3 is 6.61 Å². The van der Waals surface area contributed by atoms with E-state index in [1.54, 1.807) is 29.7 Å². The molecule has 2 aromatic heterocycles. The average molecular weight is 425 g/mol. The largest absolute Gasteiger partial charge is 0.435 e. The first-order chi connectivity index (χ1) is 14.9. The Hall–Kier alpha value is -4.33. The van der Waals surface area contributed by atoms with Crippen molar-refractivity contribution in [3.63, 3.8) is 0 Å². The standard InChI is InChI=1S/C20H14F3N7O/c1-10-26-14-8-5-12(25-2)9-15(14)30(10)20-28-17(24)16(21)18(29-20)27-11-3-6-13(7-4-11)31-19(22)23/h3-9,19H,1H3,(H3,24,27,28,29). The third-order valence-electron chi connectivity index (χ3n) is 4.34. The summed E-state index contributed by atoms with van der Waals surface area (Å²) in [5, 5.41) is 2.75. The number of hydrogen-bond donors (Lipinski definition) is 2. The van der Waals surface area contributed by atoms with E-state index in [0.717, 1.165) is 0 Å². The van der Waals surface area contributed by atoms with Gasteiger partial charge in [0, 0.05) is 5.69 Å². The Morgan fingerprint density at radius 1 is 1.13 bits per heavy atom. The van der Waals surface area contributed by atoms with E-state index in [9.17, 15) is 13.2 Å². The second kappa shape index (κ2) is 7.83. The molecular weight excluding hydrogens is 411 g/mol. The van der Waals surface area contributed by atoms with Crippen LogP contribution < -0.4 is 15.8 Å². The second-order valence-corrected chi connectivity index (χ2v) is 6.38. The van der Waals surface area contributed by atoms with Gasteiger partial charge in [-0.2, -0.15) is 23.1 Å². The molecule has 0 saturated heterocycles. The topological polar surface area (TPSA) is 95.2 Å². The molecule has 11 heteroatoms. The van der Waals surface area contributed by atoms with Crippen molar-refractivity contribution in [3.05, 3.63) is 65.5 Å². The maximum Gasteiger partial charge on any atom is 0.387 e. The normalized spacial score (nSPS) is 11.0. The minimum Gasteiger partial charge on any atom is -0.435 e. The first-order valence-electron chi connectivity index (χ1n) is 8.87. The SMILES string of the molecule is [C-]#[N+]c1ccc2nc(C)n(-c3nc(N)c(F)c(Nc4ccc(OC(F)F)cc4)n3)c2c1. The van der Waals surface area contributed by atoms with E-state index in [4.69, 9.17) is 12.3 Å². The number of benzene rings is 2. The Bertz CT molecular complexity index is 1310. The van der Waals surface area contributed by atoms with Crippen LogP contribution in [0.15, 0.2) is 42.5 Å². The van der Waals surface area contributed by atoms with Crippen LogP contribution in [0.2, 0.25) is 0 Å². The third kappa shape index (κ3) is 3.91. The summed E-state index contributed by atoms with van der Waals surface area (Å²) in [6, 6.07) is 10.4. The van der Waals surface area contributed by atoms with Gasteiger partial charge in [0.15, 0.2) is 17.3 Å². The van der Waals surface area contributed by atoms with E-state index in [0.29, 0.717) is 28.2 Å². The van der Waals surface area contributed by atoms with Gasteiger partial charge in [-0.3, -0.25) is 4.57 Å². The molecule has 0 saturated carbocycles. The number of halogens is 3. The van der Waals surface area contributed by atoms with Crippen molar-refractivity contribution in [2.75, 3.05) is 11.1 Å². The maximum absolute atomic E-state index is 14.6. The van der Waals surface area contributed by atoms with Gasteiger partial charge < -0.3 is 15.8 Å². The number of aromatic nitrogens is 4. The Kier molecular flexibility index (Phi) is 5.04. The van der Waals surface area contributed by atoms with Gasteiger partial charge in [-0.1, -0.05) is 6.07 Å². The Morgan fingerprint density at radius 2 is 1.87 bits per heavy atom. The maximum atomic E-state index is 14.6. The van der Waals surface area contributed by atoms with Crippen molar-refractivity contribution in [2.24, 2.45) is 0 Å².